The molecule has 2 heterocycles. The van der Waals surface area contributed by atoms with E-state index in [0.717, 1.165) is 22.6 Å². The van der Waals surface area contributed by atoms with Crippen molar-refractivity contribution in [3.05, 3.63) is 64.5 Å². The molecule has 0 spiro atoms. The molecule has 3 aromatic rings. The Morgan fingerprint density at radius 1 is 1.20 bits per heavy atom. The summed E-state index contributed by atoms with van der Waals surface area (Å²) in [6.45, 7) is 2.26. The van der Waals surface area contributed by atoms with Crippen molar-refractivity contribution >= 4 is 29.1 Å². The predicted octanol–water partition coefficient (Wildman–Crippen LogP) is 3.56. The average molecular weight is 448 g/mol. The molecule has 0 aliphatic rings. The van der Waals surface area contributed by atoms with Crippen molar-refractivity contribution in [2.75, 3.05) is 26.8 Å². The second-order valence-electron chi connectivity index (χ2n) is 6.76. The molecule has 0 aliphatic carbocycles. The van der Waals surface area contributed by atoms with Crippen LogP contribution in [0.15, 0.2) is 48.8 Å². The molecule has 158 valence electrons. The first-order chi connectivity index (χ1) is 14.5. The van der Waals surface area contributed by atoms with Gasteiger partial charge in [-0.1, -0.05) is 23.2 Å². The molecular weight excluding hydrogens is 425 g/mol. The maximum atomic E-state index is 11.3. The molecule has 0 fully saturated rings. The molecule has 0 saturated carbocycles. The molecular formula is C21H23Cl2N5O2. The van der Waals surface area contributed by atoms with Crippen molar-refractivity contribution in [1.29, 1.82) is 0 Å². The number of carbonyl (C=O) groups excluding carboxylic acids is 1. The average Bonchev–Trinajstić information content (AvgIpc) is 3.16. The number of pyridine rings is 1. The van der Waals surface area contributed by atoms with E-state index in [1.807, 2.05) is 28.9 Å². The smallest absolute Gasteiger partial charge is 0.218 e. The highest BCUT2D eigenvalue weighted by molar-refractivity contribution is 6.42. The maximum Gasteiger partial charge on any atom is 0.218 e. The van der Waals surface area contributed by atoms with Crippen LogP contribution in [0.1, 0.15) is 12.1 Å². The fourth-order valence-electron chi connectivity index (χ4n) is 3.02. The van der Waals surface area contributed by atoms with Gasteiger partial charge in [0.15, 0.2) is 0 Å². The second kappa shape index (κ2) is 10.5. The summed E-state index contributed by atoms with van der Waals surface area (Å²) in [5, 5.41) is 5.70. The maximum absolute atomic E-state index is 11.3. The first-order valence-corrected chi connectivity index (χ1v) is 10.2. The minimum Gasteiger partial charge on any atom is -0.383 e. The largest absolute Gasteiger partial charge is 0.383 e. The number of nitrogens with two attached hydrogens (primary N) is 1. The van der Waals surface area contributed by atoms with Crippen molar-refractivity contribution in [3.63, 3.8) is 0 Å². The van der Waals surface area contributed by atoms with Gasteiger partial charge in [0, 0.05) is 51.1 Å². The Kier molecular flexibility index (Phi) is 7.81. The lowest BCUT2D eigenvalue weighted by Crippen LogP contribution is -2.31. The van der Waals surface area contributed by atoms with Gasteiger partial charge >= 0.3 is 0 Å². The van der Waals surface area contributed by atoms with E-state index in [0.29, 0.717) is 36.3 Å². The monoisotopic (exact) mass is 447 g/mol. The molecule has 7 nitrogen and oxygen atoms in total. The minimum absolute atomic E-state index is 0.264. The number of hydrogen-bond acceptors (Lipinski definition) is 5. The third kappa shape index (κ3) is 5.79. The molecule has 3 rings (SSSR count). The van der Waals surface area contributed by atoms with Crippen LogP contribution in [0, 0.1) is 0 Å². The van der Waals surface area contributed by atoms with E-state index in [2.05, 4.69) is 9.88 Å². The highest BCUT2D eigenvalue weighted by Gasteiger charge is 2.16. The summed E-state index contributed by atoms with van der Waals surface area (Å²) in [7, 11) is 1.65. The minimum atomic E-state index is -0.341. The van der Waals surface area contributed by atoms with Crippen molar-refractivity contribution in [2.24, 2.45) is 5.73 Å². The number of nitrogens with zero attached hydrogens (tertiary/aromatic N) is 4. The van der Waals surface area contributed by atoms with E-state index in [1.165, 1.54) is 0 Å². The van der Waals surface area contributed by atoms with E-state index in [-0.39, 0.29) is 12.3 Å². The molecule has 0 bridgehead atoms. The Morgan fingerprint density at radius 3 is 2.70 bits per heavy atom. The number of ether oxygens (including phenoxy) is 1. The third-order valence-electron chi connectivity index (χ3n) is 4.56. The first kappa shape index (κ1) is 22.2. The number of halogens is 2. The number of methoxy groups -OCH3 is 1. The number of amides is 1. The molecule has 30 heavy (non-hydrogen) atoms. The molecule has 1 amide bonds. The van der Waals surface area contributed by atoms with Gasteiger partial charge in [0.05, 0.1) is 33.7 Å². The van der Waals surface area contributed by atoms with E-state index < -0.39 is 0 Å². The lowest BCUT2D eigenvalue weighted by atomic mass is 10.2. The number of primary amides is 1. The molecule has 0 aliphatic heterocycles. The summed E-state index contributed by atoms with van der Waals surface area (Å²) >= 11 is 12.3. The van der Waals surface area contributed by atoms with Crippen LogP contribution in [0.4, 0.5) is 0 Å². The van der Waals surface area contributed by atoms with Crippen LogP contribution in [0.2, 0.25) is 10.0 Å². The second-order valence-corrected chi connectivity index (χ2v) is 7.57. The summed E-state index contributed by atoms with van der Waals surface area (Å²) < 4.78 is 7.04. The zero-order chi connectivity index (χ0) is 21.5. The summed E-state index contributed by atoms with van der Waals surface area (Å²) in [4.78, 5) is 17.6. The zero-order valence-electron chi connectivity index (χ0n) is 16.6. The predicted molar refractivity (Wildman–Crippen MR) is 118 cm³/mol. The molecule has 2 N–H and O–H groups in total. The van der Waals surface area contributed by atoms with Gasteiger partial charge in [0.1, 0.15) is 0 Å². The molecule has 2 aromatic heterocycles. The Bertz CT molecular complexity index is 994. The van der Waals surface area contributed by atoms with Gasteiger partial charge in [0.25, 0.3) is 0 Å². The van der Waals surface area contributed by atoms with Crippen LogP contribution in [-0.2, 0) is 16.1 Å². The molecule has 9 heteroatoms. The van der Waals surface area contributed by atoms with E-state index >= 15 is 0 Å². The van der Waals surface area contributed by atoms with E-state index in [4.69, 9.17) is 38.8 Å². The first-order valence-electron chi connectivity index (χ1n) is 9.42. The normalized spacial score (nSPS) is 11.2. The van der Waals surface area contributed by atoms with E-state index in [1.54, 1.807) is 31.6 Å². The van der Waals surface area contributed by atoms with Gasteiger partial charge in [-0.25, -0.2) is 4.68 Å². The van der Waals surface area contributed by atoms with E-state index in [9.17, 15) is 4.79 Å². The molecule has 0 atom stereocenters. The third-order valence-corrected chi connectivity index (χ3v) is 5.30. The lowest BCUT2D eigenvalue weighted by molar-refractivity contribution is -0.118. The lowest BCUT2D eigenvalue weighted by Gasteiger charge is -2.21. The van der Waals surface area contributed by atoms with Gasteiger partial charge in [-0.3, -0.25) is 14.7 Å². The molecule has 0 radical (unpaired) electrons. The van der Waals surface area contributed by atoms with Crippen molar-refractivity contribution in [1.82, 2.24) is 19.7 Å². The summed E-state index contributed by atoms with van der Waals surface area (Å²) in [6, 6.07) is 11.2. The zero-order valence-corrected chi connectivity index (χ0v) is 18.1. The summed E-state index contributed by atoms with van der Waals surface area (Å²) in [5.41, 5.74) is 8.74. The number of aromatic nitrogens is 3. The number of benzene rings is 1. The van der Waals surface area contributed by atoms with Gasteiger partial charge < -0.3 is 10.5 Å². The van der Waals surface area contributed by atoms with Crippen molar-refractivity contribution in [2.45, 2.75) is 13.0 Å². The topological polar surface area (TPSA) is 86.3 Å². The SMILES string of the molecule is COCCN(CCC(N)=O)Cc1cc(-c2cccnc2)nn1-c1ccc(Cl)c(Cl)c1. The molecule has 0 unspecified atom stereocenters. The number of carbonyl (C=O) groups is 1. The van der Waals surface area contributed by atoms with Crippen LogP contribution in [0.3, 0.4) is 0 Å². The molecule has 1 aromatic carbocycles. The van der Waals surface area contributed by atoms with Crippen LogP contribution < -0.4 is 5.73 Å². The van der Waals surface area contributed by atoms with Crippen LogP contribution in [0.25, 0.3) is 16.9 Å². The standard InChI is InChI=1S/C21H23Cl2N5O2/c1-30-10-9-27(8-6-21(24)29)14-17-12-20(15-3-2-7-25-13-15)26-28(17)16-4-5-18(22)19(23)11-16/h2-5,7,11-13H,6,8-10,14H2,1H3,(H2,24,29). The highest BCUT2D eigenvalue weighted by Crippen LogP contribution is 2.27. The van der Waals surface area contributed by atoms with Gasteiger partial charge in [0.2, 0.25) is 5.91 Å². The fourth-order valence-corrected chi connectivity index (χ4v) is 3.31. The summed E-state index contributed by atoms with van der Waals surface area (Å²) in [5.74, 6) is -0.341. The highest BCUT2D eigenvalue weighted by atomic mass is 35.5. The molecule has 0 saturated heterocycles. The quantitative estimate of drug-likeness (QED) is 0.513. The Labute approximate surface area is 185 Å². The summed E-state index contributed by atoms with van der Waals surface area (Å²) in [6.07, 6.45) is 3.75. The van der Waals surface area contributed by atoms with Gasteiger partial charge in [-0.05, 0) is 36.4 Å². The van der Waals surface area contributed by atoms with Crippen LogP contribution >= 0.6 is 23.2 Å². The Balaban J connectivity index is 1.98. The Hall–Kier alpha value is -2.45. The Morgan fingerprint density at radius 2 is 2.03 bits per heavy atom. The van der Waals surface area contributed by atoms with Crippen LogP contribution in [0.5, 0.6) is 0 Å². The van der Waals surface area contributed by atoms with Gasteiger partial charge in [-0.2, -0.15) is 5.10 Å². The van der Waals surface area contributed by atoms with Crippen molar-refractivity contribution in [3.8, 4) is 16.9 Å². The number of rotatable bonds is 10. The van der Waals surface area contributed by atoms with Crippen LogP contribution in [-0.4, -0.2) is 52.4 Å². The van der Waals surface area contributed by atoms with Gasteiger partial charge in [-0.15, -0.1) is 0 Å². The fraction of sp³-hybridized carbons (Fsp3) is 0.286. The van der Waals surface area contributed by atoms with Crippen molar-refractivity contribution < 1.29 is 9.53 Å². The number of hydrogen-bond donors (Lipinski definition) is 1.